The van der Waals surface area contributed by atoms with Crippen molar-refractivity contribution in [3.8, 4) is 0 Å². The van der Waals surface area contributed by atoms with Crippen molar-refractivity contribution in [1.29, 1.82) is 0 Å². The Morgan fingerprint density at radius 2 is 2.00 bits per heavy atom. The molecule has 0 aliphatic heterocycles. The molecule has 0 bridgehead atoms. The van der Waals surface area contributed by atoms with Crippen LogP contribution in [0.4, 0.5) is 5.13 Å². The van der Waals surface area contributed by atoms with Crippen molar-refractivity contribution in [2.24, 2.45) is 5.92 Å². The minimum atomic E-state index is -0.281. The van der Waals surface area contributed by atoms with E-state index in [-0.39, 0.29) is 18.4 Å². The van der Waals surface area contributed by atoms with Crippen LogP contribution in [-0.4, -0.2) is 34.8 Å². The van der Waals surface area contributed by atoms with Gasteiger partial charge in [0, 0.05) is 17.5 Å². The van der Waals surface area contributed by atoms with Crippen LogP contribution >= 0.6 is 34.5 Å². The molecule has 0 aliphatic carbocycles. The van der Waals surface area contributed by atoms with Crippen LogP contribution in [0, 0.1) is 12.8 Å². The predicted molar refractivity (Wildman–Crippen MR) is 107 cm³/mol. The van der Waals surface area contributed by atoms with Gasteiger partial charge in [-0.1, -0.05) is 37.0 Å². The number of nitrogens with one attached hydrogen (secondary N) is 1. The molecule has 1 heterocycles. The summed E-state index contributed by atoms with van der Waals surface area (Å²) in [6.07, 6.45) is 0.788. The quantitative estimate of drug-likeness (QED) is 0.702. The minimum absolute atomic E-state index is 0.0512. The van der Waals surface area contributed by atoms with Crippen LogP contribution < -0.4 is 5.32 Å². The summed E-state index contributed by atoms with van der Waals surface area (Å²) < 4.78 is 0. The van der Waals surface area contributed by atoms with Gasteiger partial charge in [0.1, 0.15) is 6.54 Å². The van der Waals surface area contributed by atoms with Gasteiger partial charge in [-0.25, -0.2) is 4.98 Å². The minimum Gasteiger partial charge on any atom is -0.329 e. The van der Waals surface area contributed by atoms with Gasteiger partial charge >= 0.3 is 0 Å². The topological polar surface area (TPSA) is 62.3 Å². The Morgan fingerprint density at radius 3 is 2.58 bits per heavy atom. The molecule has 1 N–H and O–H groups in total. The molecule has 0 aliphatic rings. The summed E-state index contributed by atoms with van der Waals surface area (Å²) in [5.41, 5.74) is 1.25. The van der Waals surface area contributed by atoms with Crippen LogP contribution in [0.1, 0.15) is 36.3 Å². The second-order valence-electron chi connectivity index (χ2n) is 6.38. The third-order valence-electron chi connectivity index (χ3n) is 3.63. The van der Waals surface area contributed by atoms with E-state index in [9.17, 15) is 9.59 Å². The Bertz CT molecular complexity index is 792. The summed E-state index contributed by atoms with van der Waals surface area (Å²) in [7, 11) is 0. The first-order chi connectivity index (χ1) is 12.3. The van der Waals surface area contributed by atoms with Gasteiger partial charge in [-0.2, -0.15) is 0 Å². The number of nitrogens with zero attached hydrogens (tertiary/aromatic N) is 2. The van der Waals surface area contributed by atoms with Crippen LogP contribution in [0.15, 0.2) is 23.6 Å². The van der Waals surface area contributed by atoms with Gasteiger partial charge in [0.2, 0.25) is 5.91 Å². The zero-order chi connectivity index (χ0) is 19.3. The number of hydrogen-bond donors (Lipinski definition) is 1. The first-order valence-electron chi connectivity index (χ1n) is 8.22. The molecular weight excluding hydrogens is 393 g/mol. The number of halogens is 2. The van der Waals surface area contributed by atoms with Gasteiger partial charge in [-0.15, -0.1) is 11.3 Å². The Kier molecular flexibility index (Phi) is 7.43. The summed E-state index contributed by atoms with van der Waals surface area (Å²) in [6, 6.07) is 4.72. The lowest BCUT2D eigenvalue weighted by molar-refractivity contribution is -0.116. The number of carbonyl (C=O) groups is 2. The highest BCUT2D eigenvalue weighted by Gasteiger charge is 2.20. The molecule has 0 spiro atoms. The lowest BCUT2D eigenvalue weighted by atomic mass is 10.1. The van der Waals surface area contributed by atoms with Crippen LogP contribution in [0.25, 0.3) is 0 Å². The second kappa shape index (κ2) is 9.35. The highest BCUT2D eigenvalue weighted by molar-refractivity contribution is 7.13. The highest BCUT2D eigenvalue weighted by Crippen LogP contribution is 2.23. The zero-order valence-corrected chi connectivity index (χ0v) is 17.2. The van der Waals surface area contributed by atoms with Crippen molar-refractivity contribution in [3.63, 3.8) is 0 Å². The van der Waals surface area contributed by atoms with E-state index in [0.717, 1.165) is 12.1 Å². The first kappa shape index (κ1) is 20.7. The molecular formula is C18H21Cl2N3O2S. The zero-order valence-electron chi connectivity index (χ0n) is 14.9. The van der Waals surface area contributed by atoms with Crippen molar-refractivity contribution in [2.45, 2.75) is 27.2 Å². The largest absolute Gasteiger partial charge is 0.329 e. The van der Waals surface area contributed by atoms with Crippen molar-refractivity contribution in [2.75, 3.05) is 18.4 Å². The standard InChI is InChI=1S/C18H21Cl2N3O2S/c1-11(2)6-7-23(9-16(24)22-18-21-12(3)10-26-18)17(25)13-4-5-14(19)15(20)8-13/h4-5,8,10-11H,6-7,9H2,1-3H3,(H,21,22,24). The van der Waals surface area contributed by atoms with Crippen LogP contribution in [0.2, 0.25) is 10.0 Å². The molecule has 2 rings (SSSR count). The van der Waals surface area contributed by atoms with Gasteiger partial charge in [0.25, 0.3) is 5.91 Å². The number of anilines is 1. The van der Waals surface area contributed by atoms with Crippen LogP contribution in [-0.2, 0) is 4.79 Å². The number of thiazole rings is 1. The van der Waals surface area contributed by atoms with Gasteiger partial charge in [-0.3, -0.25) is 9.59 Å². The summed E-state index contributed by atoms with van der Waals surface area (Å²) in [5, 5.41) is 5.81. The molecule has 2 aromatic rings. The average Bonchev–Trinajstić information content (AvgIpc) is 2.98. The van der Waals surface area contributed by atoms with E-state index in [0.29, 0.717) is 33.2 Å². The number of hydrogen-bond acceptors (Lipinski definition) is 4. The highest BCUT2D eigenvalue weighted by atomic mass is 35.5. The normalized spacial score (nSPS) is 10.8. The number of aromatic nitrogens is 1. The second-order valence-corrected chi connectivity index (χ2v) is 8.05. The van der Waals surface area contributed by atoms with Gasteiger partial charge in [0.15, 0.2) is 5.13 Å². The number of benzene rings is 1. The summed E-state index contributed by atoms with van der Waals surface area (Å²) in [5.74, 6) is -0.130. The van der Waals surface area contributed by atoms with Gasteiger partial charge in [-0.05, 0) is 37.5 Å². The van der Waals surface area contributed by atoms with E-state index in [1.807, 2.05) is 12.3 Å². The maximum atomic E-state index is 12.8. The fourth-order valence-corrected chi connectivity index (χ4v) is 3.22. The molecule has 0 radical (unpaired) electrons. The Morgan fingerprint density at radius 1 is 1.27 bits per heavy atom. The Labute approximate surface area is 167 Å². The fraction of sp³-hybridized carbons (Fsp3) is 0.389. The van der Waals surface area contributed by atoms with E-state index < -0.39 is 0 Å². The van der Waals surface area contributed by atoms with Crippen molar-refractivity contribution in [3.05, 3.63) is 44.9 Å². The number of rotatable bonds is 7. The summed E-state index contributed by atoms with van der Waals surface area (Å²) in [6.45, 7) is 6.42. The molecule has 0 unspecified atom stereocenters. The van der Waals surface area contributed by atoms with Crippen LogP contribution in [0.3, 0.4) is 0 Å². The van der Waals surface area contributed by atoms with E-state index >= 15 is 0 Å². The van der Waals surface area contributed by atoms with Gasteiger partial charge in [0.05, 0.1) is 15.7 Å². The molecule has 0 saturated carbocycles. The molecule has 140 valence electrons. The Balaban J connectivity index is 2.12. The number of aryl methyl sites for hydroxylation is 1. The third kappa shape index (κ3) is 5.97. The van der Waals surface area contributed by atoms with E-state index in [2.05, 4.69) is 24.1 Å². The lowest BCUT2D eigenvalue weighted by Crippen LogP contribution is -2.39. The molecule has 5 nitrogen and oxygen atoms in total. The van der Waals surface area contributed by atoms with Crippen molar-refractivity contribution >= 4 is 51.5 Å². The molecule has 2 amide bonds. The summed E-state index contributed by atoms with van der Waals surface area (Å²) in [4.78, 5) is 30.9. The maximum Gasteiger partial charge on any atom is 0.254 e. The third-order valence-corrected chi connectivity index (χ3v) is 5.24. The lowest BCUT2D eigenvalue weighted by Gasteiger charge is -2.23. The summed E-state index contributed by atoms with van der Waals surface area (Å²) >= 11 is 13.3. The van der Waals surface area contributed by atoms with Crippen LogP contribution in [0.5, 0.6) is 0 Å². The predicted octanol–water partition coefficient (Wildman–Crippen LogP) is 4.89. The molecule has 8 heteroatoms. The average molecular weight is 414 g/mol. The maximum absolute atomic E-state index is 12.8. The molecule has 1 aromatic carbocycles. The monoisotopic (exact) mass is 413 g/mol. The first-order valence-corrected chi connectivity index (χ1v) is 9.86. The number of amides is 2. The molecule has 0 atom stereocenters. The van der Waals surface area contributed by atoms with Crippen molar-refractivity contribution < 1.29 is 9.59 Å². The molecule has 0 fully saturated rings. The van der Waals surface area contributed by atoms with E-state index in [1.165, 1.54) is 22.3 Å². The smallest absolute Gasteiger partial charge is 0.254 e. The van der Waals surface area contributed by atoms with E-state index in [1.54, 1.807) is 12.1 Å². The Hall–Kier alpha value is -1.63. The fourth-order valence-electron chi connectivity index (χ4n) is 2.22. The number of carbonyl (C=O) groups excluding carboxylic acids is 2. The molecule has 26 heavy (non-hydrogen) atoms. The molecule has 0 saturated heterocycles. The molecule has 1 aromatic heterocycles. The van der Waals surface area contributed by atoms with Gasteiger partial charge < -0.3 is 10.2 Å². The van der Waals surface area contributed by atoms with Crippen molar-refractivity contribution in [1.82, 2.24) is 9.88 Å². The van der Waals surface area contributed by atoms with E-state index in [4.69, 9.17) is 23.2 Å². The SMILES string of the molecule is Cc1csc(NC(=O)CN(CCC(C)C)C(=O)c2ccc(Cl)c(Cl)c2)n1.